The molecule has 1 saturated heterocycles. The van der Waals surface area contributed by atoms with Crippen LogP contribution in [0.5, 0.6) is 0 Å². The van der Waals surface area contributed by atoms with Crippen LogP contribution in [0.15, 0.2) is 0 Å². The van der Waals surface area contributed by atoms with Crippen molar-refractivity contribution >= 4 is 5.97 Å². The fourth-order valence-electron chi connectivity index (χ4n) is 1.72. The molecule has 1 aliphatic carbocycles. The molecule has 1 saturated carbocycles. The topological polar surface area (TPSA) is 38.3 Å². The van der Waals surface area contributed by atoms with Crippen LogP contribution in [0.1, 0.15) is 25.7 Å². The van der Waals surface area contributed by atoms with Gasteiger partial charge in [-0.3, -0.25) is 4.79 Å². The van der Waals surface area contributed by atoms with Crippen LogP contribution in [0.2, 0.25) is 0 Å². The number of carbonyl (C=O) groups is 1. The van der Waals surface area contributed by atoms with E-state index >= 15 is 0 Å². The highest BCUT2D eigenvalue weighted by atomic mass is 16.5. The molecule has 0 aromatic heterocycles. The molecule has 3 nitrogen and oxygen atoms in total. The Morgan fingerprint density at radius 1 is 1.25 bits per heavy atom. The van der Waals surface area contributed by atoms with Gasteiger partial charge in [0.2, 0.25) is 0 Å². The van der Waals surface area contributed by atoms with E-state index < -0.39 is 0 Å². The first-order valence-electron chi connectivity index (χ1n) is 4.77. The van der Waals surface area contributed by atoms with Crippen LogP contribution in [-0.2, 0) is 9.53 Å². The Hall–Kier alpha value is -0.570. The molecule has 0 aromatic carbocycles. The van der Waals surface area contributed by atoms with Gasteiger partial charge in [-0.05, 0) is 25.7 Å². The summed E-state index contributed by atoms with van der Waals surface area (Å²) in [6, 6.07) is 0. The van der Waals surface area contributed by atoms with Crippen molar-refractivity contribution in [1.29, 1.82) is 0 Å². The second-order valence-electron chi connectivity index (χ2n) is 3.70. The lowest BCUT2D eigenvalue weighted by molar-refractivity contribution is -0.155. The molecule has 0 radical (unpaired) electrons. The maximum absolute atomic E-state index is 11.3. The molecule has 3 heteroatoms. The largest absolute Gasteiger partial charge is 0.462 e. The Labute approximate surface area is 72.5 Å². The van der Waals surface area contributed by atoms with E-state index in [1.54, 1.807) is 0 Å². The van der Waals surface area contributed by atoms with Crippen molar-refractivity contribution in [3.8, 4) is 0 Å². The predicted octanol–water partition coefficient (Wildman–Crippen LogP) is 0.692. The van der Waals surface area contributed by atoms with Gasteiger partial charge in [0.1, 0.15) is 6.10 Å². The van der Waals surface area contributed by atoms with Crippen molar-refractivity contribution in [1.82, 2.24) is 5.32 Å². The van der Waals surface area contributed by atoms with Gasteiger partial charge in [-0.2, -0.15) is 0 Å². The lowest BCUT2D eigenvalue weighted by Crippen LogP contribution is -2.47. The smallest absolute Gasteiger partial charge is 0.311 e. The molecule has 0 aromatic rings. The molecule has 68 valence electrons. The van der Waals surface area contributed by atoms with Gasteiger partial charge < -0.3 is 10.1 Å². The maximum atomic E-state index is 11.3. The molecule has 2 rings (SSSR count). The van der Waals surface area contributed by atoms with Crippen molar-refractivity contribution < 1.29 is 9.53 Å². The lowest BCUT2D eigenvalue weighted by Gasteiger charge is -2.26. The standard InChI is InChI=1S/C9H15NO2/c11-9(7-5-10-6-7)12-8-3-1-2-4-8/h7-8,10H,1-6H2. The Kier molecular flexibility index (Phi) is 2.30. The van der Waals surface area contributed by atoms with E-state index in [0.717, 1.165) is 25.9 Å². The zero-order chi connectivity index (χ0) is 8.39. The Morgan fingerprint density at radius 3 is 2.42 bits per heavy atom. The van der Waals surface area contributed by atoms with Crippen LogP contribution >= 0.6 is 0 Å². The lowest BCUT2D eigenvalue weighted by atomic mass is 10.0. The molecule has 0 bridgehead atoms. The summed E-state index contributed by atoms with van der Waals surface area (Å²) in [6.07, 6.45) is 4.83. The first kappa shape index (κ1) is 8.05. The molecule has 2 fully saturated rings. The normalized spacial score (nSPS) is 25.3. The van der Waals surface area contributed by atoms with E-state index in [1.807, 2.05) is 0 Å². The number of esters is 1. The Bertz CT molecular complexity index is 171. The molecular formula is C9H15NO2. The van der Waals surface area contributed by atoms with Gasteiger partial charge in [-0.15, -0.1) is 0 Å². The van der Waals surface area contributed by atoms with E-state index in [2.05, 4.69) is 5.32 Å². The van der Waals surface area contributed by atoms with E-state index in [9.17, 15) is 4.79 Å². The average molecular weight is 169 g/mol. The third kappa shape index (κ3) is 1.61. The van der Waals surface area contributed by atoms with Gasteiger partial charge in [0.05, 0.1) is 5.92 Å². The molecule has 0 spiro atoms. The molecule has 2 aliphatic rings. The number of nitrogens with one attached hydrogen (secondary N) is 1. The molecular weight excluding hydrogens is 154 g/mol. The van der Waals surface area contributed by atoms with Crippen molar-refractivity contribution in [3.05, 3.63) is 0 Å². The summed E-state index contributed by atoms with van der Waals surface area (Å²) in [5.74, 6) is 0.159. The quantitative estimate of drug-likeness (QED) is 0.618. The van der Waals surface area contributed by atoms with Crippen molar-refractivity contribution in [2.45, 2.75) is 31.8 Å². The fraction of sp³-hybridized carbons (Fsp3) is 0.889. The number of carbonyl (C=O) groups excluding carboxylic acids is 1. The zero-order valence-corrected chi connectivity index (χ0v) is 7.21. The summed E-state index contributed by atoms with van der Waals surface area (Å²) in [6.45, 7) is 1.62. The van der Waals surface area contributed by atoms with Crippen LogP contribution in [0.25, 0.3) is 0 Å². The minimum atomic E-state index is 0.0145. The third-order valence-electron chi connectivity index (χ3n) is 2.70. The Balaban J connectivity index is 1.73. The van der Waals surface area contributed by atoms with Gasteiger partial charge in [-0.25, -0.2) is 0 Å². The average Bonchev–Trinajstić information content (AvgIpc) is 2.34. The third-order valence-corrected chi connectivity index (χ3v) is 2.70. The molecule has 1 N–H and O–H groups in total. The summed E-state index contributed by atoms with van der Waals surface area (Å²) in [7, 11) is 0. The van der Waals surface area contributed by atoms with Crippen LogP contribution in [-0.4, -0.2) is 25.2 Å². The van der Waals surface area contributed by atoms with Gasteiger partial charge in [0.15, 0.2) is 0 Å². The van der Waals surface area contributed by atoms with E-state index in [4.69, 9.17) is 4.74 Å². The van der Waals surface area contributed by atoms with E-state index in [-0.39, 0.29) is 18.0 Å². The molecule has 1 aliphatic heterocycles. The fourth-order valence-corrected chi connectivity index (χ4v) is 1.72. The van der Waals surface area contributed by atoms with E-state index in [0.29, 0.717) is 0 Å². The summed E-state index contributed by atoms with van der Waals surface area (Å²) >= 11 is 0. The highest BCUT2D eigenvalue weighted by molar-refractivity contribution is 5.74. The first-order chi connectivity index (χ1) is 5.86. The predicted molar refractivity (Wildman–Crippen MR) is 44.7 cm³/mol. The van der Waals surface area contributed by atoms with E-state index in [1.165, 1.54) is 12.8 Å². The first-order valence-corrected chi connectivity index (χ1v) is 4.77. The molecule has 0 atom stereocenters. The number of hydrogen-bond acceptors (Lipinski definition) is 3. The summed E-state index contributed by atoms with van der Waals surface area (Å²) in [4.78, 5) is 11.3. The minimum Gasteiger partial charge on any atom is -0.462 e. The SMILES string of the molecule is O=C(OC1CCCC1)C1CNC1. The van der Waals surface area contributed by atoms with Crippen LogP contribution in [0.4, 0.5) is 0 Å². The molecule has 1 heterocycles. The molecule has 0 unspecified atom stereocenters. The monoisotopic (exact) mass is 169 g/mol. The van der Waals surface area contributed by atoms with Gasteiger partial charge in [0, 0.05) is 13.1 Å². The van der Waals surface area contributed by atoms with Crippen LogP contribution < -0.4 is 5.32 Å². The Morgan fingerprint density at radius 2 is 1.92 bits per heavy atom. The van der Waals surface area contributed by atoms with Gasteiger partial charge in [0.25, 0.3) is 0 Å². The minimum absolute atomic E-state index is 0.0145. The molecule has 12 heavy (non-hydrogen) atoms. The number of hydrogen-bond donors (Lipinski definition) is 1. The number of ether oxygens (including phenoxy) is 1. The highest BCUT2D eigenvalue weighted by Gasteiger charge is 2.29. The molecule has 0 amide bonds. The number of rotatable bonds is 2. The van der Waals surface area contributed by atoms with Crippen molar-refractivity contribution in [2.75, 3.05) is 13.1 Å². The van der Waals surface area contributed by atoms with Crippen molar-refractivity contribution in [3.63, 3.8) is 0 Å². The van der Waals surface area contributed by atoms with Crippen LogP contribution in [0.3, 0.4) is 0 Å². The highest BCUT2D eigenvalue weighted by Crippen LogP contribution is 2.22. The van der Waals surface area contributed by atoms with Crippen molar-refractivity contribution in [2.24, 2.45) is 5.92 Å². The zero-order valence-electron chi connectivity index (χ0n) is 7.21. The second kappa shape index (κ2) is 3.44. The summed E-state index contributed by atoms with van der Waals surface area (Å²) in [5, 5.41) is 3.07. The summed E-state index contributed by atoms with van der Waals surface area (Å²) in [5.41, 5.74) is 0. The summed E-state index contributed by atoms with van der Waals surface area (Å²) < 4.78 is 5.34. The maximum Gasteiger partial charge on any atom is 0.311 e. The van der Waals surface area contributed by atoms with Gasteiger partial charge in [-0.1, -0.05) is 0 Å². The second-order valence-corrected chi connectivity index (χ2v) is 3.70. The van der Waals surface area contributed by atoms with Gasteiger partial charge >= 0.3 is 5.97 Å². The van der Waals surface area contributed by atoms with Crippen LogP contribution in [0, 0.1) is 5.92 Å².